The molecule has 3 aromatic rings. The molecule has 0 saturated carbocycles. The molecular weight excluding hydrogens is 464 g/mol. The summed E-state index contributed by atoms with van der Waals surface area (Å²) in [6.45, 7) is 10.7. The highest BCUT2D eigenvalue weighted by atomic mass is 32.2. The molecule has 1 N–H and O–H groups in total. The van der Waals surface area contributed by atoms with Crippen molar-refractivity contribution >= 4 is 38.2 Å². The molecule has 1 amide bonds. The normalized spacial score (nSPS) is 14.7. The van der Waals surface area contributed by atoms with E-state index in [1.54, 1.807) is 24.3 Å². The van der Waals surface area contributed by atoms with Crippen LogP contribution >= 0.6 is 0 Å². The molecule has 0 bridgehead atoms. The molecule has 4 rings (SSSR count). The summed E-state index contributed by atoms with van der Waals surface area (Å²) in [6.07, 6.45) is 0. The number of anilines is 2. The first-order chi connectivity index (χ1) is 16.7. The van der Waals surface area contributed by atoms with Gasteiger partial charge in [-0.1, -0.05) is 11.6 Å². The number of amides is 1. The van der Waals surface area contributed by atoms with Gasteiger partial charge >= 0.3 is 0 Å². The smallest absolute Gasteiger partial charge is 0.256 e. The highest BCUT2D eigenvalue weighted by Gasteiger charge is 2.28. The van der Waals surface area contributed by atoms with Gasteiger partial charge in [0.25, 0.3) is 5.91 Å². The average Bonchev–Trinajstić information content (AvgIpc) is 2.85. The number of pyridine rings is 1. The molecule has 2 heterocycles. The SMILES string of the molecule is CCN(CC)c1ccc(S(=O)(=O)N2CCOCC2)cc1NC(=O)c1cc(C)nc2ccc(C)cc12. The lowest BCUT2D eigenvalue weighted by molar-refractivity contribution is 0.0730. The van der Waals surface area contributed by atoms with E-state index in [9.17, 15) is 13.2 Å². The molecule has 0 atom stereocenters. The molecule has 1 aliphatic rings. The zero-order valence-electron chi connectivity index (χ0n) is 20.7. The number of nitrogens with zero attached hydrogens (tertiary/aromatic N) is 3. The second kappa shape index (κ2) is 10.3. The molecule has 9 heteroatoms. The van der Waals surface area contributed by atoms with Gasteiger partial charge in [0, 0.05) is 37.3 Å². The maximum Gasteiger partial charge on any atom is 0.256 e. The van der Waals surface area contributed by atoms with Crippen LogP contribution in [0.1, 0.15) is 35.5 Å². The fraction of sp³-hybridized carbons (Fsp3) is 0.385. The minimum atomic E-state index is -3.71. The third-order valence-electron chi connectivity index (χ3n) is 6.27. The summed E-state index contributed by atoms with van der Waals surface area (Å²) in [4.78, 5) is 20.4. The Morgan fingerprint density at radius 1 is 1.06 bits per heavy atom. The highest BCUT2D eigenvalue weighted by molar-refractivity contribution is 7.89. The summed E-state index contributed by atoms with van der Waals surface area (Å²) in [6, 6.07) is 12.5. The number of hydrogen-bond donors (Lipinski definition) is 1. The lowest BCUT2D eigenvalue weighted by Gasteiger charge is -2.28. The van der Waals surface area contributed by atoms with Gasteiger partial charge in [0.2, 0.25) is 10.0 Å². The zero-order chi connectivity index (χ0) is 25.2. The topological polar surface area (TPSA) is 91.8 Å². The van der Waals surface area contributed by atoms with E-state index in [1.165, 1.54) is 4.31 Å². The number of nitrogens with one attached hydrogen (secondary N) is 1. The molecule has 1 fully saturated rings. The Labute approximate surface area is 207 Å². The summed E-state index contributed by atoms with van der Waals surface area (Å²) < 4.78 is 33.4. The number of sulfonamides is 1. The summed E-state index contributed by atoms with van der Waals surface area (Å²) in [5.74, 6) is -0.305. The lowest BCUT2D eigenvalue weighted by Crippen LogP contribution is -2.40. The Balaban J connectivity index is 1.78. The van der Waals surface area contributed by atoms with E-state index in [-0.39, 0.29) is 10.8 Å². The zero-order valence-corrected chi connectivity index (χ0v) is 21.5. The van der Waals surface area contributed by atoms with Crippen molar-refractivity contribution in [1.82, 2.24) is 9.29 Å². The van der Waals surface area contributed by atoms with Gasteiger partial charge in [0.15, 0.2) is 0 Å². The Morgan fingerprint density at radius 2 is 1.77 bits per heavy atom. The van der Waals surface area contributed by atoms with Crippen molar-refractivity contribution in [2.24, 2.45) is 0 Å². The molecule has 8 nitrogen and oxygen atoms in total. The van der Waals surface area contributed by atoms with Crippen molar-refractivity contribution in [2.75, 3.05) is 49.6 Å². The van der Waals surface area contributed by atoms with Crippen LogP contribution in [0.25, 0.3) is 10.9 Å². The number of carbonyl (C=O) groups excluding carboxylic acids is 1. The van der Waals surface area contributed by atoms with E-state index in [4.69, 9.17) is 4.74 Å². The first kappa shape index (κ1) is 25.1. The number of fused-ring (bicyclic) bond motifs is 1. The molecule has 1 saturated heterocycles. The summed E-state index contributed by atoms with van der Waals surface area (Å²) >= 11 is 0. The minimum absolute atomic E-state index is 0.150. The largest absolute Gasteiger partial charge is 0.379 e. The van der Waals surface area contributed by atoms with E-state index in [0.29, 0.717) is 50.6 Å². The summed E-state index contributed by atoms with van der Waals surface area (Å²) in [5, 5.41) is 3.77. The number of hydrogen-bond acceptors (Lipinski definition) is 6. The van der Waals surface area contributed by atoms with E-state index in [2.05, 4.69) is 15.2 Å². The van der Waals surface area contributed by atoms with Crippen LogP contribution in [0.2, 0.25) is 0 Å². The van der Waals surface area contributed by atoms with Crippen LogP contribution < -0.4 is 10.2 Å². The van der Waals surface area contributed by atoms with Gasteiger partial charge in [0.1, 0.15) is 0 Å². The second-order valence-electron chi connectivity index (χ2n) is 8.65. The van der Waals surface area contributed by atoms with Crippen LogP contribution in [0.3, 0.4) is 0 Å². The molecule has 186 valence electrons. The Bertz CT molecular complexity index is 1350. The van der Waals surface area contributed by atoms with Crippen molar-refractivity contribution < 1.29 is 17.9 Å². The standard InChI is InChI=1S/C26H32N4O4S/c1-5-29(6-2)25-10-8-20(35(32,33)30-11-13-34-14-12-30)17-24(25)28-26(31)22-16-19(4)27-23-9-7-18(3)15-21(22)23/h7-10,15-17H,5-6,11-14H2,1-4H3,(H,28,31). The first-order valence-corrected chi connectivity index (χ1v) is 13.3. The monoisotopic (exact) mass is 496 g/mol. The molecule has 2 aromatic carbocycles. The predicted molar refractivity (Wildman–Crippen MR) is 139 cm³/mol. The molecule has 0 spiro atoms. The summed E-state index contributed by atoms with van der Waals surface area (Å²) in [5.41, 5.74) is 4.24. The maximum absolute atomic E-state index is 13.6. The third kappa shape index (κ3) is 5.17. The van der Waals surface area contributed by atoms with Crippen molar-refractivity contribution in [1.29, 1.82) is 0 Å². The maximum atomic E-state index is 13.6. The van der Waals surface area contributed by atoms with Gasteiger partial charge in [0.05, 0.1) is 40.6 Å². The Hall–Kier alpha value is -3.01. The molecule has 0 radical (unpaired) electrons. The third-order valence-corrected chi connectivity index (χ3v) is 8.16. The van der Waals surface area contributed by atoms with E-state index >= 15 is 0 Å². The molecule has 0 unspecified atom stereocenters. The Kier molecular flexibility index (Phi) is 7.39. The van der Waals surface area contributed by atoms with E-state index in [0.717, 1.165) is 27.8 Å². The molecule has 35 heavy (non-hydrogen) atoms. The molecule has 1 aliphatic heterocycles. The fourth-order valence-corrected chi connectivity index (χ4v) is 5.84. The van der Waals surface area contributed by atoms with Crippen molar-refractivity contribution in [3.05, 3.63) is 59.3 Å². The van der Waals surface area contributed by atoms with Gasteiger partial charge in [-0.2, -0.15) is 4.31 Å². The number of benzene rings is 2. The Morgan fingerprint density at radius 3 is 2.46 bits per heavy atom. The first-order valence-electron chi connectivity index (χ1n) is 11.9. The number of rotatable bonds is 7. The van der Waals surface area contributed by atoms with Gasteiger partial charge in [-0.05, 0) is 64.1 Å². The van der Waals surface area contributed by atoms with Crippen molar-refractivity contribution in [3.63, 3.8) is 0 Å². The predicted octanol–water partition coefficient (Wildman–Crippen LogP) is 3.97. The van der Waals surface area contributed by atoms with Crippen LogP contribution in [-0.2, 0) is 14.8 Å². The van der Waals surface area contributed by atoms with Crippen molar-refractivity contribution in [3.8, 4) is 0 Å². The highest BCUT2D eigenvalue weighted by Crippen LogP contribution is 2.31. The van der Waals surface area contributed by atoms with Crippen LogP contribution in [-0.4, -0.2) is 63.0 Å². The second-order valence-corrected chi connectivity index (χ2v) is 10.6. The number of morpholine rings is 1. The minimum Gasteiger partial charge on any atom is -0.379 e. The molecular formula is C26H32N4O4S. The lowest BCUT2D eigenvalue weighted by atomic mass is 10.0. The number of aryl methyl sites for hydroxylation is 2. The van der Waals surface area contributed by atoms with Crippen LogP contribution in [0.5, 0.6) is 0 Å². The van der Waals surface area contributed by atoms with Gasteiger partial charge in [-0.3, -0.25) is 9.78 Å². The van der Waals surface area contributed by atoms with Crippen LogP contribution in [0.15, 0.2) is 47.4 Å². The quantitative estimate of drug-likeness (QED) is 0.532. The summed E-state index contributed by atoms with van der Waals surface area (Å²) in [7, 11) is -3.71. The van der Waals surface area contributed by atoms with Crippen LogP contribution in [0, 0.1) is 13.8 Å². The molecule has 0 aliphatic carbocycles. The van der Waals surface area contributed by atoms with Gasteiger partial charge in [-0.15, -0.1) is 0 Å². The van der Waals surface area contributed by atoms with E-state index < -0.39 is 10.0 Å². The van der Waals surface area contributed by atoms with Gasteiger partial charge in [-0.25, -0.2) is 8.42 Å². The fourth-order valence-electron chi connectivity index (χ4n) is 4.40. The van der Waals surface area contributed by atoms with E-state index in [1.807, 2.05) is 45.9 Å². The molecule has 1 aromatic heterocycles. The number of aromatic nitrogens is 1. The average molecular weight is 497 g/mol. The van der Waals surface area contributed by atoms with Crippen molar-refractivity contribution in [2.45, 2.75) is 32.6 Å². The van der Waals surface area contributed by atoms with Gasteiger partial charge < -0.3 is 15.0 Å². The number of ether oxygens (including phenoxy) is 1. The number of carbonyl (C=O) groups is 1. The van der Waals surface area contributed by atoms with Crippen LogP contribution in [0.4, 0.5) is 11.4 Å².